The van der Waals surface area contributed by atoms with Gasteiger partial charge in [0, 0.05) is 11.6 Å². The Bertz CT molecular complexity index is 670. The first kappa shape index (κ1) is 19.4. The molecule has 1 amide bonds. The molecule has 2 rings (SSSR count). The van der Waals surface area contributed by atoms with Gasteiger partial charge in [0.05, 0.1) is 6.10 Å². The molecule has 5 heteroatoms. The average Bonchev–Trinajstić information content (AvgIpc) is 2.61. The van der Waals surface area contributed by atoms with Crippen LogP contribution in [-0.4, -0.2) is 23.7 Å². The van der Waals surface area contributed by atoms with Crippen LogP contribution in [0.4, 0.5) is 0 Å². The van der Waals surface area contributed by atoms with Crippen LogP contribution in [0.25, 0.3) is 11.1 Å². The maximum atomic E-state index is 11.3. The number of rotatable bonds is 9. The molecule has 0 saturated carbocycles. The summed E-state index contributed by atoms with van der Waals surface area (Å²) in [7, 11) is 0. The highest BCUT2D eigenvalue weighted by atomic mass is 35.5. The van der Waals surface area contributed by atoms with Crippen molar-refractivity contribution in [3.63, 3.8) is 0 Å². The fourth-order valence-corrected chi connectivity index (χ4v) is 2.84. The quantitative estimate of drug-likeness (QED) is 0.706. The van der Waals surface area contributed by atoms with Crippen LogP contribution in [0.15, 0.2) is 48.5 Å². The van der Waals surface area contributed by atoms with E-state index in [2.05, 4.69) is 0 Å². The number of aliphatic hydroxyl groups excluding tert-OH is 1. The largest absolute Gasteiger partial charge is 0.388 e. The van der Waals surface area contributed by atoms with Crippen molar-refractivity contribution in [3.8, 4) is 11.1 Å². The second-order valence-corrected chi connectivity index (χ2v) is 6.36. The van der Waals surface area contributed by atoms with E-state index in [1.807, 2.05) is 55.5 Å². The number of carbonyl (C=O) groups is 1. The molecule has 2 unspecified atom stereocenters. The summed E-state index contributed by atoms with van der Waals surface area (Å²) in [6.45, 7) is 2.27. The van der Waals surface area contributed by atoms with E-state index in [4.69, 9.17) is 22.1 Å². The van der Waals surface area contributed by atoms with Gasteiger partial charge in [-0.3, -0.25) is 4.79 Å². The lowest BCUT2D eigenvalue weighted by Gasteiger charge is -2.15. The van der Waals surface area contributed by atoms with Crippen molar-refractivity contribution in [2.75, 3.05) is 6.61 Å². The molecule has 0 aliphatic carbocycles. The lowest BCUT2D eigenvalue weighted by atomic mass is 9.99. The van der Waals surface area contributed by atoms with Crippen molar-refractivity contribution < 1.29 is 14.6 Å². The first-order valence-corrected chi connectivity index (χ1v) is 8.84. The van der Waals surface area contributed by atoms with Crippen molar-refractivity contribution in [2.45, 2.75) is 38.4 Å². The zero-order valence-electron chi connectivity index (χ0n) is 14.3. The molecule has 0 aromatic heterocycles. The molecule has 0 saturated heterocycles. The molecule has 0 aliphatic rings. The smallest absolute Gasteiger partial charge is 0.246 e. The number of primary amides is 1. The van der Waals surface area contributed by atoms with Gasteiger partial charge in [0.1, 0.15) is 6.10 Å². The van der Waals surface area contributed by atoms with E-state index >= 15 is 0 Å². The van der Waals surface area contributed by atoms with Gasteiger partial charge in [0.15, 0.2) is 0 Å². The number of halogens is 1. The van der Waals surface area contributed by atoms with E-state index in [1.54, 1.807) is 0 Å². The summed E-state index contributed by atoms with van der Waals surface area (Å²) in [5.74, 6) is -0.455. The van der Waals surface area contributed by atoms with Crippen LogP contribution >= 0.6 is 11.6 Å². The lowest BCUT2D eigenvalue weighted by Crippen LogP contribution is -2.31. The molecule has 0 spiro atoms. The van der Waals surface area contributed by atoms with Crippen molar-refractivity contribution in [1.82, 2.24) is 0 Å². The maximum absolute atomic E-state index is 11.3. The van der Waals surface area contributed by atoms with Gasteiger partial charge in [0.2, 0.25) is 5.91 Å². The van der Waals surface area contributed by atoms with E-state index in [-0.39, 0.29) is 0 Å². The monoisotopic (exact) mass is 361 g/mol. The highest BCUT2D eigenvalue weighted by Crippen LogP contribution is 2.25. The molecule has 0 bridgehead atoms. The SMILES string of the molecule is CCOC(CCCC(O)c1ccc(-c2ccc(Cl)cc2)cc1)C(N)=O. The molecule has 0 radical (unpaired) electrons. The summed E-state index contributed by atoms with van der Waals surface area (Å²) in [6.07, 6.45) is 0.576. The predicted octanol–water partition coefficient (Wildman–Crippen LogP) is 4.10. The Morgan fingerprint density at radius 1 is 1.08 bits per heavy atom. The zero-order chi connectivity index (χ0) is 18.2. The van der Waals surface area contributed by atoms with Gasteiger partial charge >= 0.3 is 0 Å². The van der Waals surface area contributed by atoms with Crippen LogP contribution in [0.5, 0.6) is 0 Å². The van der Waals surface area contributed by atoms with Crippen LogP contribution in [-0.2, 0) is 9.53 Å². The number of amides is 1. The summed E-state index contributed by atoms with van der Waals surface area (Å²) in [5, 5.41) is 11.0. The highest BCUT2D eigenvalue weighted by molar-refractivity contribution is 6.30. The van der Waals surface area contributed by atoms with Gasteiger partial charge in [-0.05, 0) is 55.0 Å². The molecule has 0 fully saturated rings. The number of hydrogen-bond acceptors (Lipinski definition) is 3. The van der Waals surface area contributed by atoms with E-state index in [1.165, 1.54) is 0 Å². The minimum absolute atomic E-state index is 0.447. The number of ether oxygens (including phenoxy) is 1. The second kappa shape index (κ2) is 9.56. The van der Waals surface area contributed by atoms with E-state index < -0.39 is 18.1 Å². The zero-order valence-corrected chi connectivity index (χ0v) is 15.1. The molecular weight excluding hydrogens is 338 g/mol. The van der Waals surface area contributed by atoms with Crippen LogP contribution < -0.4 is 5.73 Å². The Kier molecular flexibility index (Phi) is 7.44. The van der Waals surface area contributed by atoms with Gasteiger partial charge in [-0.1, -0.05) is 48.0 Å². The van der Waals surface area contributed by atoms with Gasteiger partial charge in [0.25, 0.3) is 0 Å². The molecule has 134 valence electrons. The lowest BCUT2D eigenvalue weighted by molar-refractivity contribution is -0.129. The van der Waals surface area contributed by atoms with Crippen molar-refractivity contribution in [2.24, 2.45) is 5.73 Å². The third-order valence-corrected chi connectivity index (χ3v) is 4.35. The average molecular weight is 362 g/mol. The van der Waals surface area contributed by atoms with Crippen LogP contribution in [0.3, 0.4) is 0 Å². The Morgan fingerprint density at radius 2 is 1.64 bits per heavy atom. The number of carbonyl (C=O) groups excluding carboxylic acids is 1. The van der Waals surface area contributed by atoms with E-state index in [9.17, 15) is 9.90 Å². The molecule has 0 aliphatic heterocycles. The maximum Gasteiger partial charge on any atom is 0.246 e. The van der Waals surface area contributed by atoms with Gasteiger partial charge in [-0.25, -0.2) is 0 Å². The summed E-state index contributed by atoms with van der Waals surface area (Å²) in [4.78, 5) is 11.3. The standard InChI is InChI=1S/C20H24ClNO3/c1-2-25-19(20(22)24)5-3-4-18(23)16-8-6-14(7-9-16)15-10-12-17(21)13-11-15/h6-13,18-19,23H,2-5H2,1H3,(H2,22,24). The summed E-state index contributed by atoms with van der Waals surface area (Å²) >= 11 is 5.90. The predicted molar refractivity (Wildman–Crippen MR) is 100 cm³/mol. The fourth-order valence-electron chi connectivity index (χ4n) is 2.71. The van der Waals surface area contributed by atoms with Crippen LogP contribution in [0, 0.1) is 0 Å². The molecule has 2 aromatic carbocycles. The van der Waals surface area contributed by atoms with E-state index in [0.29, 0.717) is 30.9 Å². The summed E-state index contributed by atoms with van der Waals surface area (Å²) < 4.78 is 5.30. The van der Waals surface area contributed by atoms with Gasteiger partial charge in [-0.15, -0.1) is 0 Å². The Balaban J connectivity index is 1.90. The highest BCUT2D eigenvalue weighted by Gasteiger charge is 2.16. The summed E-state index contributed by atoms with van der Waals surface area (Å²) in [6, 6.07) is 15.4. The van der Waals surface area contributed by atoms with Crippen molar-refractivity contribution in [3.05, 3.63) is 59.1 Å². The third kappa shape index (κ3) is 5.85. The molecule has 3 N–H and O–H groups in total. The first-order chi connectivity index (χ1) is 12.0. The van der Waals surface area contributed by atoms with Crippen LogP contribution in [0.2, 0.25) is 5.02 Å². The van der Waals surface area contributed by atoms with Crippen molar-refractivity contribution in [1.29, 1.82) is 0 Å². The number of benzene rings is 2. The van der Waals surface area contributed by atoms with Gasteiger partial charge in [-0.2, -0.15) is 0 Å². The minimum Gasteiger partial charge on any atom is -0.388 e. The Labute approximate surface area is 153 Å². The van der Waals surface area contributed by atoms with Gasteiger partial charge < -0.3 is 15.6 Å². The Morgan fingerprint density at radius 3 is 2.16 bits per heavy atom. The second-order valence-electron chi connectivity index (χ2n) is 5.92. The molecule has 2 atom stereocenters. The van der Waals surface area contributed by atoms with Crippen molar-refractivity contribution >= 4 is 17.5 Å². The van der Waals surface area contributed by atoms with E-state index in [0.717, 1.165) is 16.7 Å². The minimum atomic E-state index is -0.579. The topological polar surface area (TPSA) is 72.6 Å². The van der Waals surface area contributed by atoms with Crippen LogP contribution in [0.1, 0.15) is 37.9 Å². The molecule has 0 heterocycles. The number of hydrogen-bond donors (Lipinski definition) is 2. The normalized spacial score (nSPS) is 13.4. The number of nitrogens with two attached hydrogens (primary N) is 1. The fraction of sp³-hybridized carbons (Fsp3) is 0.350. The first-order valence-electron chi connectivity index (χ1n) is 8.46. The molecular formula is C20H24ClNO3. The molecule has 2 aromatic rings. The number of aliphatic hydroxyl groups is 1. The summed E-state index contributed by atoms with van der Waals surface area (Å²) in [5.41, 5.74) is 8.29. The Hall–Kier alpha value is -1.88. The molecule has 25 heavy (non-hydrogen) atoms. The third-order valence-electron chi connectivity index (χ3n) is 4.10. The molecule has 4 nitrogen and oxygen atoms in total.